The number of carbonyl (C=O) groups excluding carboxylic acids is 1. The van der Waals surface area contributed by atoms with Crippen LogP contribution in [0.25, 0.3) is 10.9 Å². The second-order valence-electron chi connectivity index (χ2n) is 6.14. The van der Waals surface area contributed by atoms with E-state index in [4.69, 9.17) is 0 Å². The second-order valence-corrected chi connectivity index (χ2v) is 6.14. The first kappa shape index (κ1) is 15.4. The molecule has 3 heterocycles. The molecule has 4 rings (SSSR count). The number of carbonyl (C=O) groups is 1. The number of aryl methyl sites for hydroxylation is 1. The molecule has 0 saturated heterocycles. The van der Waals surface area contributed by atoms with E-state index in [0.717, 1.165) is 15.8 Å². The van der Waals surface area contributed by atoms with Gasteiger partial charge in [0.2, 0.25) is 0 Å². The van der Waals surface area contributed by atoms with Crippen LogP contribution < -0.4 is 11.2 Å². The minimum Gasteiger partial charge on any atom is -0.328 e. The number of fused-ring (bicyclic) bond motifs is 2. The van der Waals surface area contributed by atoms with Crippen molar-refractivity contribution < 1.29 is 4.79 Å². The van der Waals surface area contributed by atoms with E-state index in [1.165, 1.54) is 0 Å². The number of rotatable bonds is 2. The fraction of sp³-hybridized carbons (Fsp3) is 0.294. The van der Waals surface area contributed by atoms with Gasteiger partial charge in [-0.1, -0.05) is 0 Å². The first-order valence-corrected chi connectivity index (χ1v) is 8.05. The largest absolute Gasteiger partial charge is 0.328 e. The minimum absolute atomic E-state index is 0.140. The van der Waals surface area contributed by atoms with Gasteiger partial charge >= 0.3 is 5.69 Å². The first-order valence-electron chi connectivity index (χ1n) is 8.05. The van der Waals surface area contributed by atoms with Crippen molar-refractivity contribution in [2.45, 2.75) is 26.6 Å². The molecule has 0 radical (unpaired) electrons. The van der Waals surface area contributed by atoms with E-state index in [2.05, 4.69) is 10.1 Å². The van der Waals surface area contributed by atoms with Crippen LogP contribution in [0.2, 0.25) is 0 Å². The summed E-state index contributed by atoms with van der Waals surface area (Å²) in [6, 6.07) is 4.80. The van der Waals surface area contributed by atoms with Gasteiger partial charge in [0, 0.05) is 31.3 Å². The summed E-state index contributed by atoms with van der Waals surface area (Å²) in [4.78, 5) is 41.5. The van der Waals surface area contributed by atoms with Gasteiger partial charge in [0.15, 0.2) is 0 Å². The van der Waals surface area contributed by atoms with Crippen LogP contribution in [0.15, 0.2) is 34.0 Å². The number of nitrogens with zero attached hydrogens (tertiary/aromatic N) is 4. The van der Waals surface area contributed by atoms with E-state index in [1.807, 2.05) is 7.05 Å². The Hall–Kier alpha value is -3.16. The van der Waals surface area contributed by atoms with Crippen LogP contribution >= 0.6 is 0 Å². The van der Waals surface area contributed by atoms with Gasteiger partial charge in [0.05, 0.1) is 29.3 Å². The van der Waals surface area contributed by atoms with Crippen molar-refractivity contribution in [1.29, 1.82) is 0 Å². The Kier molecular flexibility index (Phi) is 3.34. The topological polar surface area (TPSA) is 93.0 Å². The van der Waals surface area contributed by atoms with Crippen molar-refractivity contribution in [2.75, 3.05) is 0 Å². The standard InChI is InChI=1S/C17H17N5O3/c1-3-22-16(24)12-5-4-10(6-13(12)19-17(22)25)15(23)21-8-11-7-18-20(2)14(11)9-21/h4-7H,3,8-9H2,1-2H3,(H,19,25). The third-order valence-electron chi connectivity index (χ3n) is 4.68. The number of benzene rings is 1. The smallest absolute Gasteiger partial charge is 0.328 e. The number of H-pyrrole nitrogens is 1. The molecule has 0 bridgehead atoms. The molecule has 0 unspecified atom stereocenters. The molecule has 1 aliphatic rings. The number of amides is 1. The van der Waals surface area contributed by atoms with Gasteiger partial charge in [-0.25, -0.2) is 4.79 Å². The van der Waals surface area contributed by atoms with Crippen molar-refractivity contribution in [3.8, 4) is 0 Å². The molecule has 0 fully saturated rings. The van der Waals surface area contributed by atoms with Crippen molar-refractivity contribution in [3.63, 3.8) is 0 Å². The molecule has 1 amide bonds. The minimum atomic E-state index is -0.468. The molecule has 0 saturated carbocycles. The van der Waals surface area contributed by atoms with Gasteiger partial charge in [0.25, 0.3) is 11.5 Å². The van der Waals surface area contributed by atoms with E-state index in [-0.39, 0.29) is 11.5 Å². The molecule has 128 valence electrons. The summed E-state index contributed by atoms with van der Waals surface area (Å²) in [6.07, 6.45) is 1.77. The van der Waals surface area contributed by atoms with E-state index >= 15 is 0 Å². The van der Waals surface area contributed by atoms with Crippen molar-refractivity contribution in [3.05, 3.63) is 62.1 Å². The molecule has 8 nitrogen and oxygen atoms in total. The molecule has 25 heavy (non-hydrogen) atoms. The molecule has 1 N–H and O–H groups in total. The monoisotopic (exact) mass is 339 g/mol. The van der Waals surface area contributed by atoms with Gasteiger partial charge in [-0.3, -0.25) is 18.8 Å². The van der Waals surface area contributed by atoms with Crippen LogP contribution in [-0.2, 0) is 26.7 Å². The number of aromatic amines is 1. The predicted molar refractivity (Wildman–Crippen MR) is 91.3 cm³/mol. The highest BCUT2D eigenvalue weighted by molar-refractivity contribution is 5.97. The zero-order valence-corrected chi connectivity index (χ0v) is 13.9. The van der Waals surface area contributed by atoms with Gasteiger partial charge in [-0.15, -0.1) is 0 Å². The van der Waals surface area contributed by atoms with E-state index in [0.29, 0.717) is 36.1 Å². The highest BCUT2D eigenvalue weighted by Gasteiger charge is 2.27. The summed E-state index contributed by atoms with van der Waals surface area (Å²) in [5.74, 6) is -0.140. The van der Waals surface area contributed by atoms with Crippen LogP contribution in [0.3, 0.4) is 0 Å². The van der Waals surface area contributed by atoms with Gasteiger partial charge in [-0.2, -0.15) is 5.10 Å². The molecule has 0 spiro atoms. The normalized spacial score (nSPS) is 13.4. The van der Waals surface area contributed by atoms with E-state index in [1.54, 1.807) is 40.9 Å². The summed E-state index contributed by atoms with van der Waals surface area (Å²) in [6.45, 7) is 3.04. The molecule has 1 aliphatic heterocycles. The average Bonchev–Trinajstić information content (AvgIpc) is 3.16. The summed E-state index contributed by atoms with van der Waals surface area (Å²) >= 11 is 0. The zero-order valence-electron chi connectivity index (χ0n) is 13.9. The first-order chi connectivity index (χ1) is 12.0. The number of nitrogens with one attached hydrogen (secondary N) is 1. The Labute approximate surface area is 142 Å². The van der Waals surface area contributed by atoms with E-state index < -0.39 is 5.69 Å². The summed E-state index contributed by atoms with van der Waals surface area (Å²) in [5.41, 5.74) is 2.06. The lowest BCUT2D eigenvalue weighted by atomic mass is 10.1. The van der Waals surface area contributed by atoms with Gasteiger partial charge < -0.3 is 9.88 Å². The quantitative estimate of drug-likeness (QED) is 0.740. The predicted octanol–water partition coefficient (Wildman–Crippen LogP) is 0.599. The molecular formula is C17H17N5O3. The van der Waals surface area contributed by atoms with Gasteiger partial charge in [0.1, 0.15) is 0 Å². The zero-order chi connectivity index (χ0) is 17.7. The fourth-order valence-electron chi connectivity index (χ4n) is 3.29. The lowest BCUT2D eigenvalue weighted by Gasteiger charge is -2.16. The second kappa shape index (κ2) is 5.44. The lowest BCUT2D eigenvalue weighted by molar-refractivity contribution is 0.0748. The summed E-state index contributed by atoms with van der Waals surface area (Å²) in [7, 11) is 1.85. The van der Waals surface area contributed by atoms with Crippen LogP contribution in [0.5, 0.6) is 0 Å². The Morgan fingerprint density at radius 1 is 1.28 bits per heavy atom. The number of aromatic nitrogens is 4. The SMILES string of the molecule is CCn1c(=O)[nH]c2cc(C(=O)N3Cc4cnn(C)c4C3)ccc2c1=O. The molecule has 0 aliphatic carbocycles. The van der Waals surface area contributed by atoms with Gasteiger partial charge in [-0.05, 0) is 25.1 Å². The van der Waals surface area contributed by atoms with Crippen molar-refractivity contribution >= 4 is 16.8 Å². The maximum atomic E-state index is 12.8. The Morgan fingerprint density at radius 2 is 2.08 bits per heavy atom. The molecule has 0 atom stereocenters. The summed E-state index contributed by atoms with van der Waals surface area (Å²) in [5, 5.41) is 4.58. The molecular weight excluding hydrogens is 322 g/mol. The van der Waals surface area contributed by atoms with Crippen LogP contribution in [-0.4, -0.2) is 30.1 Å². The highest BCUT2D eigenvalue weighted by Crippen LogP contribution is 2.24. The molecule has 2 aromatic heterocycles. The number of hydrogen-bond donors (Lipinski definition) is 1. The Morgan fingerprint density at radius 3 is 2.80 bits per heavy atom. The summed E-state index contributed by atoms with van der Waals surface area (Å²) < 4.78 is 2.90. The van der Waals surface area contributed by atoms with Crippen molar-refractivity contribution in [2.24, 2.45) is 7.05 Å². The van der Waals surface area contributed by atoms with Crippen LogP contribution in [0.1, 0.15) is 28.5 Å². The Bertz CT molecular complexity index is 1120. The lowest BCUT2D eigenvalue weighted by Crippen LogP contribution is -2.34. The average molecular weight is 339 g/mol. The molecule has 3 aromatic rings. The molecule has 8 heteroatoms. The van der Waals surface area contributed by atoms with Crippen LogP contribution in [0.4, 0.5) is 0 Å². The third-order valence-corrected chi connectivity index (χ3v) is 4.68. The maximum Gasteiger partial charge on any atom is 0.328 e. The maximum absolute atomic E-state index is 12.8. The third kappa shape index (κ3) is 2.29. The van der Waals surface area contributed by atoms with E-state index in [9.17, 15) is 14.4 Å². The number of hydrogen-bond acceptors (Lipinski definition) is 4. The highest BCUT2D eigenvalue weighted by atomic mass is 16.2. The fourth-order valence-corrected chi connectivity index (χ4v) is 3.29. The van der Waals surface area contributed by atoms with Crippen molar-refractivity contribution in [1.82, 2.24) is 24.2 Å². The Balaban J connectivity index is 1.72. The van der Waals surface area contributed by atoms with Crippen LogP contribution in [0, 0.1) is 0 Å². The molecule has 1 aromatic carbocycles.